The summed E-state index contributed by atoms with van der Waals surface area (Å²) in [4.78, 5) is 13.6. The fourth-order valence-corrected chi connectivity index (χ4v) is 2.17. The van der Waals surface area contributed by atoms with Crippen molar-refractivity contribution >= 4 is 23.4 Å². The molecule has 0 aromatic heterocycles. The fourth-order valence-electron chi connectivity index (χ4n) is 1.96. The summed E-state index contributed by atoms with van der Waals surface area (Å²) in [7, 11) is 0. The van der Waals surface area contributed by atoms with Crippen LogP contribution in [-0.2, 0) is 11.2 Å². The fraction of sp³-hybridized carbons (Fsp3) is 0.357. The molecule has 1 aromatic rings. The summed E-state index contributed by atoms with van der Waals surface area (Å²) in [6.07, 6.45) is 2.28. The number of halogens is 1. The molecule has 0 spiro atoms. The summed E-state index contributed by atoms with van der Waals surface area (Å²) in [6.45, 7) is 4.61. The van der Waals surface area contributed by atoms with Crippen LogP contribution in [0.4, 0.5) is 10.5 Å². The van der Waals surface area contributed by atoms with E-state index in [9.17, 15) is 4.79 Å². The Morgan fingerprint density at radius 1 is 1.56 bits per heavy atom. The minimum Gasteiger partial charge on any atom is -0.448 e. The van der Waals surface area contributed by atoms with Gasteiger partial charge in [0.05, 0.1) is 5.69 Å². The van der Waals surface area contributed by atoms with Gasteiger partial charge in [0.25, 0.3) is 0 Å². The van der Waals surface area contributed by atoms with Gasteiger partial charge in [0, 0.05) is 18.3 Å². The second-order valence-electron chi connectivity index (χ2n) is 4.26. The highest BCUT2D eigenvalue weighted by Gasteiger charge is 2.25. The molecule has 18 heavy (non-hydrogen) atoms. The standard InChI is InChI=1S/C14H16ClNO2/c1-2-11(9-15)10-18-14(17)16-8-7-12-5-3-4-6-13(12)16/h2-6,11H,1,7-10H2. The van der Waals surface area contributed by atoms with E-state index in [1.54, 1.807) is 11.0 Å². The Balaban J connectivity index is 1.97. The summed E-state index contributed by atoms with van der Waals surface area (Å²) >= 11 is 5.72. The topological polar surface area (TPSA) is 29.5 Å². The van der Waals surface area contributed by atoms with Gasteiger partial charge in [-0.25, -0.2) is 4.79 Å². The molecule has 3 nitrogen and oxygen atoms in total. The second-order valence-corrected chi connectivity index (χ2v) is 4.57. The predicted molar refractivity (Wildman–Crippen MR) is 73.2 cm³/mol. The number of ether oxygens (including phenoxy) is 1. The van der Waals surface area contributed by atoms with Gasteiger partial charge in [-0.3, -0.25) is 4.90 Å². The molecule has 1 heterocycles. The molecule has 0 radical (unpaired) electrons. The van der Waals surface area contributed by atoms with Crippen LogP contribution < -0.4 is 4.90 Å². The summed E-state index contributed by atoms with van der Waals surface area (Å²) in [5, 5.41) is 0. The molecule has 1 amide bonds. The van der Waals surface area contributed by atoms with Crippen molar-refractivity contribution < 1.29 is 9.53 Å². The van der Waals surface area contributed by atoms with E-state index < -0.39 is 0 Å². The smallest absolute Gasteiger partial charge is 0.414 e. The van der Waals surface area contributed by atoms with Gasteiger partial charge in [-0.15, -0.1) is 18.2 Å². The van der Waals surface area contributed by atoms with Gasteiger partial charge >= 0.3 is 6.09 Å². The van der Waals surface area contributed by atoms with Gasteiger partial charge in [-0.2, -0.15) is 0 Å². The molecule has 0 aliphatic carbocycles. The second kappa shape index (κ2) is 5.91. The molecular weight excluding hydrogens is 250 g/mol. The van der Waals surface area contributed by atoms with Crippen molar-refractivity contribution in [3.63, 3.8) is 0 Å². The zero-order valence-electron chi connectivity index (χ0n) is 10.1. The normalized spacial score (nSPS) is 15.1. The molecule has 0 N–H and O–H groups in total. The van der Waals surface area contributed by atoms with E-state index in [2.05, 4.69) is 6.58 Å². The number of para-hydroxylation sites is 1. The Labute approximate surface area is 112 Å². The molecule has 1 unspecified atom stereocenters. The molecule has 0 saturated heterocycles. The Hall–Kier alpha value is -1.48. The Bertz CT molecular complexity index is 447. The highest BCUT2D eigenvalue weighted by Crippen LogP contribution is 2.27. The maximum atomic E-state index is 12.0. The van der Waals surface area contributed by atoms with Crippen molar-refractivity contribution in [2.45, 2.75) is 6.42 Å². The summed E-state index contributed by atoms with van der Waals surface area (Å²) < 4.78 is 5.26. The Kier molecular flexibility index (Phi) is 4.26. The van der Waals surface area contributed by atoms with Crippen molar-refractivity contribution in [2.75, 3.05) is 23.9 Å². The maximum absolute atomic E-state index is 12.0. The molecule has 2 rings (SSSR count). The van der Waals surface area contributed by atoms with Crippen LogP contribution in [0.25, 0.3) is 0 Å². The van der Waals surface area contributed by atoms with Crippen molar-refractivity contribution in [3.8, 4) is 0 Å². The lowest BCUT2D eigenvalue weighted by Gasteiger charge is -2.18. The lowest BCUT2D eigenvalue weighted by molar-refractivity contribution is 0.145. The van der Waals surface area contributed by atoms with E-state index in [4.69, 9.17) is 16.3 Å². The van der Waals surface area contributed by atoms with Gasteiger partial charge in [-0.05, 0) is 18.1 Å². The first-order chi connectivity index (χ1) is 8.76. The molecule has 0 bridgehead atoms. The number of hydrogen-bond acceptors (Lipinski definition) is 2. The van der Waals surface area contributed by atoms with Gasteiger partial charge in [-0.1, -0.05) is 24.3 Å². The zero-order valence-corrected chi connectivity index (χ0v) is 10.9. The first-order valence-corrected chi connectivity index (χ1v) is 6.50. The van der Waals surface area contributed by atoms with Crippen LogP contribution in [0.5, 0.6) is 0 Å². The van der Waals surface area contributed by atoms with Gasteiger partial charge in [0.15, 0.2) is 0 Å². The van der Waals surface area contributed by atoms with Gasteiger partial charge in [0.1, 0.15) is 6.61 Å². The first-order valence-electron chi connectivity index (χ1n) is 5.97. The van der Waals surface area contributed by atoms with Crippen molar-refractivity contribution in [1.29, 1.82) is 0 Å². The molecule has 0 fully saturated rings. The van der Waals surface area contributed by atoms with E-state index in [1.807, 2.05) is 24.3 Å². The molecule has 1 aromatic carbocycles. The van der Waals surface area contributed by atoms with Crippen LogP contribution in [0.3, 0.4) is 0 Å². The van der Waals surface area contributed by atoms with Crippen LogP contribution >= 0.6 is 11.6 Å². The summed E-state index contributed by atoms with van der Waals surface area (Å²) in [5.41, 5.74) is 2.13. The largest absolute Gasteiger partial charge is 0.448 e. The Morgan fingerprint density at radius 3 is 3.06 bits per heavy atom. The van der Waals surface area contributed by atoms with E-state index >= 15 is 0 Å². The van der Waals surface area contributed by atoms with Gasteiger partial charge in [0.2, 0.25) is 0 Å². The number of amides is 1. The third kappa shape index (κ3) is 2.67. The van der Waals surface area contributed by atoms with Crippen LogP contribution in [0, 0.1) is 5.92 Å². The molecule has 1 aliphatic heterocycles. The zero-order chi connectivity index (χ0) is 13.0. The van der Waals surface area contributed by atoms with Crippen LogP contribution in [0.1, 0.15) is 5.56 Å². The molecule has 1 atom stereocenters. The molecular formula is C14H16ClNO2. The lowest BCUT2D eigenvalue weighted by atomic mass is 10.2. The van der Waals surface area contributed by atoms with E-state index in [1.165, 1.54) is 5.56 Å². The lowest BCUT2D eigenvalue weighted by Crippen LogP contribution is -2.31. The highest BCUT2D eigenvalue weighted by molar-refractivity contribution is 6.18. The number of anilines is 1. The number of alkyl halides is 1. The third-order valence-electron chi connectivity index (χ3n) is 3.06. The average Bonchev–Trinajstić information content (AvgIpc) is 2.83. The number of carbonyl (C=O) groups excluding carboxylic acids is 1. The average molecular weight is 266 g/mol. The molecule has 96 valence electrons. The monoisotopic (exact) mass is 265 g/mol. The molecule has 4 heteroatoms. The predicted octanol–water partition coefficient (Wildman–Crippen LogP) is 3.23. The number of fused-ring (bicyclic) bond motifs is 1. The van der Waals surface area contributed by atoms with Crippen LogP contribution in [-0.4, -0.2) is 25.1 Å². The molecule has 1 aliphatic rings. The minimum atomic E-state index is -0.308. The van der Waals surface area contributed by atoms with Crippen molar-refractivity contribution in [1.82, 2.24) is 0 Å². The van der Waals surface area contributed by atoms with Crippen LogP contribution in [0.2, 0.25) is 0 Å². The number of nitrogens with zero attached hydrogens (tertiary/aromatic N) is 1. The van der Waals surface area contributed by atoms with E-state index in [-0.39, 0.29) is 18.6 Å². The maximum Gasteiger partial charge on any atom is 0.414 e. The SMILES string of the molecule is C=CC(CCl)COC(=O)N1CCc2ccccc21. The summed E-state index contributed by atoms with van der Waals surface area (Å²) in [6, 6.07) is 7.88. The highest BCUT2D eigenvalue weighted by atomic mass is 35.5. The van der Waals surface area contributed by atoms with Crippen molar-refractivity contribution in [2.24, 2.45) is 5.92 Å². The number of hydrogen-bond donors (Lipinski definition) is 0. The van der Waals surface area contributed by atoms with Crippen molar-refractivity contribution in [3.05, 3.63) is 42.5 Å². The summed E-state index contributed by atoms with van der Waals surface area (Å²) in [5.74, 6) is 0.418. The third-order valence-corrected chi connectivity index (χ3v) is 3.46. The van der Waals surface area contributed by atoms with Crippen LogP contribution in [0.15, 0.2) is 36.9 Å². The van der Waals surface area contributed by atoms with Gasteiger partial charge < -0.3 is 4.74 Å². The van der Waals surface area contributed by atoms with E-state index in [0.717, 1.165) is 12.1 Å². The quantitative estimate of drug-likeness (QED) is 0.618. The van der Waals surface area contributed by atoms with E-state index in [0.29, 0.717) is 12.4 Å². The first kappa shape index (κ1) is 13.0. The number of rotatable bonds is 4. The minimum absolute atomic E-state index is 0.00784. The Morgan fingerprint density at radius 2 is 2.33 bits per heavy atom. The number of carbonyl (C=O) groups is 1. The molecule has 0 saturated carbocycles. The number of benzene rings is 1.